The molecule has 6 aliphatic rings. The van der Waals surface area contributed by atoms with Crippen molar-refractivity contribution in [2.45, 2.75) is 49.2 Å². The number of amides is 2. The molecule has 1 unspecified atom stereocenters. The van der Waals surface area contributed by atoms with Crippen LogP contribution >= 0.6 is 0 Å². The molecule has 9 rings (SSSR count). The lowest BCUT2D eigenvalue weighted by Crippen LogP contribution is -2.82. The molecular weight excluding hydrogens is 489 g/mol. The normalized spacial score (nSPS) is 33.6. The van der Waals surface area contributed by atoms with Crippen LogP contribution in [0.1, 0.15) is 43.6 Å². The molecule has 38 heavy (non-hydrogen) atoms. The lowest BCUT2D eigenvalue weighted by atomic mass is 9.27. The molecule has 1 heterocycles. The summed E-state index contributed by atoms with van der Waals surface area (Å²) in [6, 6.07) is 12.8. The van der Waals surface area contributed by atoms with E-state index >= 15 is 0 Å². The van der Waals surface area contributed by atoms with Crippen LogP contribution in [-0.4, -0.2) is 42.2 Å². The van der Waals surface area contributed by atoms with Crippen LogP contribution in [0, 0.1) is 10.8 Å². The van der Waals surface area contributed by atoms with E-state index in [1.807, 2.05) is 30.3 Å². The molecule has 9 heteroatoms. The molecule has 2 aromatic carbocycles. The standard InChI is InChI=1S/C29H28FN3O5/c1-36-21-9-18-19(10-22(21)37-2)32-8-7-20(18)38-17-5-3-16(4-6-17)23-28(24(31)34)14-29(23,15-28)25(35)33-27-11-26(30,12-27)13-27/h3-10,23H,11-15H2,1-2H3,(H2,31,34)(H,33,35). The number of carbonyl (C=O) groups excluding carboxylic acids is 2. The van der Waals surface area contributed by atoms with Gasteiger partial charge in [0.25, 0.3) is 0 Å². The molecule has 3 N–H and O–H groups in total. The van der Waals surface area contributed by atoms with Crippen molar-refractivity contribution in [2.24, 2.45) is 16.6 Å². The fraction of sp³-hybridized carbons (Fsp3) is 0.414. The highest BCUT2D eigenvalue weighted by Crippen LogP contribution is 2.81. The third-order valence-corrected chi connectivity index (χ3v) is 9.30. The Morgan fingerprint density at radius 3 is 2.21 bits per heavy atom. The van der Waals surface area contributed by atoms with Crippen LogP contribution in [0.5, 0.6) is 23.0 Å². The molecule has 4 bridgehead atoms. The number of halogens is 1. The van der Waals surface area contributed by atoms with E-state index < -0.39 is 22.0 Å². The van der Waals surface area contributed by atoms with E-state index in [-0.39, 0.29) is 17.7 Å². The van der Waals surface area contributed by atoms with Gasteiger partial charge in [0.15, 0.2) is 11.5 Å². The Hall–Kier alpha value is -3.88. The second-order valence-electron chi connectivity index (χ2n) is 11.6. The van der Waals surface area contributed by atoms with Crippen LogP contribution in [0.2, 0.25) is 0 Å². The zero-order valence-electron chi connectivity index (χ0n) is 21.2. The van der Waals surface area contributed by atoms with Crippen molar-refractivity contribution in [3.63, 3.8) is 0 Å². The minimum Gasteiger partial charge on any atom is -0.493 e. The SMILES string of the molecule is COc1cc2nccc(Oc3ccc(C4C5(C(N)=O)CC4(C(=O)NC46CC(F)(C4)C6)C5)cc3)c2cc1OC. The molecule has 0 aliphatic heterocycles. The molecule has 6 saturated carbocycles. The van der Waals surface area contributed by atoms with Gasteiger partial charge in [-0.1, -0.05) is 12.1 Å². The third-order valence-electron chi connectivity index (χ3n) is 9.30. The summed E-state index contributed by atoms with van der Waals surface area (Å²) < 4.78 is 31.0. The highest BCUT2D eigenvalue weighted by Gasteiger charge is 2.82. The second-order valence-corrected chi connectivity index (χ2v) is 11.6. The smallest absolute Gasteiger partial charge is 0.227 e. The molecule has 3 aromatic rings. The van der Waals surface area contributed by atoms with Crippen molar-refractivity contribution in [1.82, 2.24) is 10.3 Å². The van der Waals surface area contributed by atoms with Crippen molar-refractivity contribution < 1.29 is 28.2 Å². The van der Waals surface area contributed by atoms with E-state index in [1.165, 1.54) is 0 Å². The Morgan fingerprint density at radius 2 is 1.61 bits per heavy atom. The number of ether oxygens (including phenoxy) is 3. The van der Waals surface area contributed by atoms with Gasteiger partial charge in [-0.2, -0.15) is 0 Å². The maximum atomic E-state index is 14.0. The zero-order valence-corrected chi connectivity index (χ0v) is 21.2. The first-order valence-corrected chi connectivity index (χ1v) is 12.8. The highest BCUT2D eigenvalue weighted by molar-refractivity contribution is 5.98. The van der Waals surface area contributed by atoms with Gasteiger partial charge in [0.05, 0.1) is 30.6 Å². The van der Waals surface area contributed by atoms with Crippen LogP contribution in [0.25, 0.3) is 10.9 Å². The molecule has 0 radical (unpaired) electrons. The summed E-state index contributed by atoms with van der Waals surface area (Å²) in [6.07, 6.45) is 3.71. The quantitative estimate of drug-likeness (QED) is 0.464. The number of rotatable bonds is 8. The number of hydrogen-bond acceptors (Lipinski definition) is 6. The van der Waals surface area contributed by atoms with Gasteiger partial charge in [0.1, 0.15) is 17.2 Å². The molecule has 1 atom stereocenters. The fourth-order valence-corrected chi connectivity index (χ4v) is 7.55. The number of methoxy groups -OCH3 is 2. The van der Waals surface area contributed by atoms with Crippen LogP contribution in [-0.2, 0) is 9.59 Å². The van der Waals surface area contributed by atoms with Crippen LogP contribution in [0.4, 0.5) is 4.39 Å². The molecule has 0 spiro atoms. The summed E-state index contributed by atoms with van der Waals surface area (Å²) >= 11 is 0. The molecule has 196 valence electrons. The van der Waals surface area contributed by atoms with Gasteiger partial charge in [-0.15, -0.1) is 0 Å². The number of pyridine rings is 1. The third kappa shape index (κ3) is 2.93. The average molecular weight is 518 g/mol. The summed E-state index contributed by atoms with van der Waals surface area (Å²) in [4.78, 5) is 30.2. The van der Waals surface area contributed by atoms with Gasteiger partial charge >= 0.3 is 0 Å². The van der Waals surface area contributed by atoms with Crippen LogP contribution in [0.3, 0.4) is 0 Å². The number of nitrogens with zero attached hydrogens (tertiary/aromatic N) is 1. The van der Waals surface area contributed by atoms with E-state index in [0.717, 1.165) is 10.9 Å². The largest absolute Gasteiger partial charge is 0.493 e. The number of alkyl halides is 1. The molecule has 1 aromatic heterocycles. The van der Waals surface area contributed by atoms with E-state index in [0.29, 0.717) is 60.6 Å². The number of benzene rings is 2. The number of hydrogen-bond donors (Lipinski definition) is 2. The number of nitrogens with two attached hydrogens (primary N) is 1. The van der Waals surface area contributed by atoms with Crippen molar-refractivity contribution in [3.05, 3.63) is 54.2 Å². The Kier molecular flexibility index (Phi) is 4.51. The summed E-state index contributed by atoms with van der Waals surface area (Å²) in [5.41, 5.74) is 4.50. The number of carbonyl (C=O) groups is 2. The van der Waals surface area contributed by atoms with Gasteiger partial charge in [0.2, 0.25) is 11.8 Å². The minimum atomic E-state index is -1.09. The topological polar surface area (TPSA) is 113 Å². The van der Waals surface area contributed by atoms with Gasteiger partial charge in [0, 0.05) is 48.4 Å². The lowest BCUT2D eigenvalue weighted by Gasteiger charge is -2.75. The molecular formula is C29H28FN3O5. The zero-order chi connectivity index (χ0) is 26.5. The highest BCUT2D eigenvalue weighted by atomic mass is 19.1. The van der Waals surface area contributed by atoms with Crippen molar-refractivity contribution >= 4 is 22.7 Å². The van der Waals surface area contributed by atoms with Gasteiger partial charge in [-0.05, 0) is 42.7 Å². The number of primary amides is 1. The fourth-order valence-electron chi connectivity index (χ4n) is 7.55. The summed E-state index contributed by atoms with van der Waals surface area (Å²) in [7, 11) is 3.14. The number of nitrogens with one attached hydrogen (secondary N) is 1. The predicted octanol–water partition coefficient (Wildman–Crippen LogP) is 4.15. The molecule has 2 amide bonds. The van der Waals surface area contributed by atoms with Crippen LogP contribution < -0.4 is 25.3 Å². The molecule has 6 aliphatic carbocycles. The summed E-state index contributed by atoms with van der Waals surface area (Å²) in [5, 5.41) is 3.88. The van der Waals surface area contributed by atoms with Gasteiger partial charge in [-0.3, -0.25) is 14.6 Å². The predicted molar refractivity (Wildman–Crippen MR) is 136 cm³/mol. The van der Waals surface area contributed by atoms with E-state index in [9.17, 15) is 14.0 Å². The molecule has 8 nitrogen and oxygen atoms in total. The molecule has 0 saturated heterocycles. The van der Waals surface area contributed by atoms with Crippen molar-refractivity contribution in [3.8, 4) is 23.0 Å². The summed E-state index contributed by atoms with van der Waals surface area (Å²) in [6.45, 7) is 0. The second kappa shape index (κ2) is 7.36. The Balaban J connectivity index is 1.14. The van der Waals surface area contributed by atoms with Crippen molar-refractivity contribution in [1.29, 1.82) is 0 Å². The molecule has 6 fully saturated rings. The van der Waals surface area contributed by atoms with Crippen molar-refractivity contribution in [2.75, 3.05) is 14.2 Å². The number of fused-ring (bicyclic) bond motifs is 1. The van der Waals surface area contributed by atoms with E-state index in [1.54, 1.807) is 32.5 Å². The average Bonchev–Trinajstić information content (AvgIpc) is 2.81. The Bertz CT molecular complexity index is 1490. The van der Waals surface area contributed by atoms with Gasteiger partial charge in [-0.25, -0.2) is 4.39 Å². The first kappa shape index (κ1) is 23.3. The Labute approximate surface area is 218 Å². The van der Waals surface area contributed by atoms with Gasteiger partial charge < -0.3 is 25.3 Å². The summed E-state index contributed by atoms with van der Waals surface area (Å²) in [5.74, 6) is 1.58. The number of aromatic nitrogens is 1. The minimum absolute atomic E-state index is 0.0830. The Morgan fingerprint density at radius 1 is 0.947 bits per heavy atom. The lowest BCUT2D eigenvalue weighted by molar-refractivity contribution is -0.232. The van der Waals surface area contributed by atoms with E-state index in [2.05, 4.69) is 10.3 Å². The van der Waals surface area contributed by atoms with Crippen LogP contribution in [0.15, 0.2) is 48.7 Å². The van der Waals surface area contributed by atoms with E-state index in [4.69, 9.17) is 19.9 Å². The monoisotopic (exact) mass is 517 g/mol. The first-order valence-electron chi connectivity index (χ1n) is 12.8. The first-order chi connectivity index (χ1) is 18.1. The maximum absolute atomic E-state index is 14.0. The maximum Gasteiger partial charge on any atom is 0.227 e.